The predicted octanol–water partition coefficient (Wildman–Crippen LogP) is 3.22. The minimum atomic E-state index is -3.71. The van der Waals surface area contributed by atoms with Crippen LogP contribution < -0.4 is 10.0 Å². The van der Waals surface area contributed by atoms with Gasteiger partial charge in [-0.05, 0) is 48.4 Å². The van der Waals surface area contributed by atoms with E-state index in [0.717, 1.165) is 19.3 Å². The lowest BCUT2D eigenvalue weighted by Crippen LogP contribution is -2.25. The lowest BCUT2D eigenvalue weighted by Gasteiger charge is -2.08. The summed E-state index contributed by atoms with van der Waals surface area (Å²) in [5.41, 5.74) is 1.07. The fraction of sp³-hybridized carbons (Fsp3) is 0.316. The lowest BCUT2D eigenvalue weighted by atomic mass is 10.2. The fourth-order valence-electron chi connectivity index (χ4n) is 2.33. The standard InChI is InChI=1S/C19H23FN2O3S/c1-2-3-4-13-21-19(23)16-7-11-18(12-8-16)26(24,25)22-14-15-5-9-17(20)10-6-15/h5-12,22H,2-4,13-14H2,1H3,(H,21,23). The Morgan fingerprint density at radius 1 is 1.00 bits per heavy atom. The third-order valence-corrected chi connectivity index (χ3v) is 5.29. The maximum atomic E-state index is 12.9. The molecule has 0 aliphatic heterocycles. The van der Waals surface area contributed by atoms with Crippen LogP contribution in [0, 0.1) is 5.82 Å². The molecule has 0 atom stereocenters. The molecule has 0 fully saturated rings. The van der Waals surface area contributed by atoms with Gasteiger partial charge in [0.2, 0.25) is 10.0 Å². The van der Waals surface area contributed by atoms with Gasteiger partial charge in [0.25, 0.3) is 5.91 Å². The average molecular weight is 378 g/mol. The van der Waals surface area contributed by atoms with Crippen molar-refractivity contribution < 1.29 is 17.6 Å². The SMILES string of the molecule is CCCCCNC(=O)c1ccc(S(=O)(=O)NCc2ccc(F)cc2)cc1. The highest BCUT2D eigenvalue weighted by atomic mass is 32.2. The maximum absolute atomic E-state index is 12.9. The van der Waals surface area contributed by atoms with Crippen LogP contribution >= 0.6 is 0 Å². The van der Waals surface area contributed by atoms with Crippen LogP contribution in [0.4, 0.5) is 4.39 Å². The monoisotopic (exact) mass is 378 g/mol. The second-order valence-electron chi connectivity index (χ2n) is 5.94. The second-order valence-corrected chi connectivity index (χ2v) is 7.71. The largest absolute Gasteiger partial charge is 0.352 e. The number of nitrogens with one attached hydrogen (secondary N) is 2. The highest BCUT2D eigenvalue weighted by molar-refractivity contribution is 7.89. The summed E-state index contributed by atoms with van der Waals surface area (Å²) in [7, 11) is -3.71. The number of amides is 1. The van der Waals surface area contributed by atoms with E-state index in [-0.39, 0.29) is 23.2 Å². The Hall–Kier alpha value is -2.25. The number of carbonyl (C=O) groups is 1. The Balaban J connectivity index is 1.95. The molecular formula is C19H23FN2O3S. The molecule has 0 aliphatic rings. The minimum absolute atomic E-state index is 0.0578. The predicted molar refractivity (Wildman–Crippen MR) is 98.7 cm³/mol. The minimum Gasteiger partial charge on any atom is -0.352 e. The number of unbranched alkanes of at least 4 members (excludes halogenated alkanes) is 2. The second kappa shape index (κ2) is 9.45. The normalized spacial score (nSPS) is 11.3. The van der Waals surface area contributed by atoms with Crippen molar-refractivity contribution in [2.75, 3.05) is 6.54 Å². The molecule has 0 saturated carbocycles. The summed E-state index contributed by atoms with van der Waals surface area (Å²) in [6, 6.07) is 11.4. The van der Waals surface area contributed by atoms with Crippen molar-refractivity contribution in [3.63, 3.8) is 0 Å². The van der Waals surface area contributed by atoms with Crippen molar-refractivity contribution in [1.82, 2.24) is 10.0 Å². The summed E-state index contributed by atoms with van der Waals surface area (Å²) >= 11 is 0. The van der Waals surface area contributed by atoms with Crippen LogP contribution in [0.3, 0.4) is 0 Å². The van der Waals surface area contributed by atoms with Gasteiger partial charge in [0.1, 0.15) is 5.82 Å². The number of hydrogen-bond acceptors (Lipinski definition) is 3. The smallest absolute Gasteiger partial charge is 0.251 e. The molecule has 2 rings (SSSR count). The first-order chi connectivity index (χ1) is 12.4. The molecule has 0 aromatic heterocycles. The number of benzene rings is 2. The van der Waals surface area contributed by atoms with Gasteiger partial charge in [-0.1, -0.05) is 31.9 Å². The Kier molecular flexibility index (Phi) is 7.29. The van der Waals surface area contributed by atoms with Crippen LogP contribution in [0.5, 0.6) is 0 Å². The molecule has 0 spiro atoms. The van der Waals surface area contributed by atoms with E-state index in [1.807, 2.05) is 0 Å². The van der Waals surface area contributed by atoms with Crippen LogP contribution in [0.1, 0.15) is 42.1 Å². The molecule has 26 heavy (non-hydrogen) atoms. The third-order valence-electron chi connectivity index (χ3n) is 3.87. The molecule has 0 bridgehead atoms. The maximum Gasteiger partial charge on any atom is 0.251 e. The molecule has 7 heteroatoms. The molecule has 0 saturated heterocycles. The molecule has 2 aromatic carbocycles. The first-order valence-electron chi connectivity index (χ1n) is 8.55. The van der Waals surface area contributed by atoms with Crippen LogP contribution in [-0.2, 0) is 16.6 Å². The molecule has 0 unspecified atom stereocenters. The highest BCUT2D eigenvalue weighted by Gasteiger charge is 2.14. The quantitative estimate of drug-likeness (QED) is 0.658. The van der Waals surface area contributed by atoms with Crippen LogP contribution in [-0.4, -0.2) is 20.9 Å². The van der Waals surface area contributed by atoms with Crippen molar-refractivity contribution >= 4 is 15.9 Å². The van der Waals surface area contributed by atoms with Gasteiger partial charge in [-0.3, -0.25) is 4.79 Å². The van der Waals surface area contributed by atoms with E-state index in [0.29, 0.717) is 17.7 Å². The van der Waals surface area contributed by atoms with Crippen LogP contribution in [0.2, 0.25) is 0 Å². The molecule has 2 N–H and O–H groups in total. The van der Waals surface area contributed by atoms with E-state index in [1.54, 1.807) is 0 Å². The van der Waals surface area contributed by atoms with Gasteiger partial charge in [0.05, 0.1) is 4.90 Å². The first kappa shape index (κ1) is 20.1. The van der Waals surface area contributed by atoms with Gasteiger partial charge < -0.3 is 5.32 Å². The summed E-state index contributed by atoms with van der Waals surface area (Å²) < 4.78 is 40.0. The topological polar surface area (TPSA) is 75.3 Å². The number of hydrogen-bond donors (Lipinski definition) is 2. The summed E-state index contributed by atoms with van der Waals surface area (Å²) in [4.78, 5) is 12.1. The van der Waals surface area contributed by atoms with Crippen molar-refractivity contribution in [2.24, 2.45) is 0 Å². The molecule has 0 aliphatic carbocycles. The summed E-state index contributed by atoms with van der Waals surface area (Å²) in [5.74, 6) is -0.593. The lowest BCUT2D eigenvalue weighted by molar-refractivity contribution is 0.0953. The van der Waals surface area contributed by atoms with Crippen molar-refractivity contribution in [3.8, 4) is 0 Å². The van der Waals surface area contributed by atoms with Crippen molar-refractivity contribution in [2.45, 2.75) is 37.6 Å². The summed E-state index contributed by atoms with van der Waals surface area (Å²) in [5, 5.41) is 2.81. The Morgan fingerprint density at radius 3 is 2.27 bits per heavy atom. The molecular weight excluding hydrogens is 355 g/mol. The Morgan fingerprint density at radius 2 is 1.65 bits per heavy atom. The Labute approximate surface area is 153 Å². The zero-order chi connectivity index (χ0) is 19.0. The summed E-state index contributed by atoms with van der Waals surface area (Å²) in [6.45, 7) is 2.75. The highest BCUT2D eigenvalue weighted by Crippen LogP contribution is 2.12. The molecule has 0 heterocycles. The van der Waals surface area contributed by atoms with E-state index in [4.69, 9.17) is 0 Å². The van der Waals surface area contributed by atoms with Gasteiger partial charge in [-0.25, -0.2) is 17.5 Å². The van der Waals surface area contributed by atoms with E-state index in [1.165, 1.54) is 48.5 Å². The van der Waals surface area contributed by atoms with E-state index in [9.17, 15) is 17.6 Å². The van der Waals surface area contributed by atoms with Gasteiger partial charge in [-0.15, -0.1) is 0 Å². The van der Waals surface area contributed by atoms with Crippen molar-refractivity contribution in [3.05, 3.63) is 65.5 Å². The first-order valence-corrected chi connectivity index (χ1v) is 10.0. The van der Waals surface area contributed by atoms with E-state index < -0.39 is 10.0 Å². The average Bonchev–Trinajstić information content (AvgIpc) is 2.65. The molecule has 140 valence electrons. The third kappa shape index (κ3) is 5.93. The number of carbonyl (C=O) groups excluding carboxylic acids is 1. The number of halogens is 1. The van der Waals surface area contributed by atoms with Gasteiger partial charge in [-0.2, -0.15) is 0 Å². The van der Waals surface area contributed by atoms with Gasteiger partial charge in [0, 0.05) is 18.7 Å². The van der Waals surface area contributed by atoms with Crippen LogP contribution in [0.25, 0.3) is 0 Å². The molecule has 1 amide bonds. The van der Waals surface area contributed by atoms with Crippen molar-refractivity contribution in [1.29, 1.82) is 0 Å². The van der Waals surface area contributed by atoms with Gasteiger partial charge >= 0.3 is 0 Å². The zero-order valence-corrected chi connectivity index (χ0v) is 15.5. The van der Waals surface area contributed by atoms with E-state index in [2.05, 4.69) is 17.0 Å². The summed E-state index contributed by atoms with van der Waals surface area (Å²) in [6.07, 6.45) is 3.05. The van der Waals surface area contributed by atoms with Gasteiger partial charge in [0.15, 0.2) is 0 Å². The van der Waals surface area contributed by atoms with E-state index >= 15 is 0 Å². The molecule has 0 radical (unpaired) electrons. The van der Waals surface area contributed by atoms with Crippen LogP contribution in [0.15, 0.2) is 53.4 Å². The Bertz CT molecular complexity index is 819. The zero-order valence-electron chi connectivity index (χ0n) is 14.7. The molecule has 2 aromatic rings. The fourth-order valence-corrected chi connectivity index (χ4v) is 3.35. The number of sulfonamides is 1. The molecule has 5 nitrogen and oxygen atoms in total. The number of rotatable bonds is 9.